The highest BCUT2D eigenvalue weighted by Gasteiger charge is 2.34. The molecule has 8 N–H and O–H groups in total. The van der Waals surface area contributed by atoms with Gasteiger partial charge in [-0.05, 0) is 111 Å². The molecule has 0 unspecified atom stereocenters. The number of nitrogens with one attached hydrogen (secondary N) is 2. The van der Waals surface area contributed by atoms with Crippen LogP contribution in [0.3, 0.4) is 0 Å². The van der Waals surface area contributed by atoms with Crippen LogP contribution in [0.4, 0.5) is 0 Å². The lowest BCUT2D eigenvalue weighted by molar-refractivity contribution is -0.153. The third kappa shape index (κ3) is 9.71. The molecule has 0 fully saturated rings. The smallest absolute Gasteiger partial charge is 0.307 e. The number of carboxylic acid groups (broad SMARTS) is 2. The highest BCUT2D eigenvalue weighted by molar-refractivity contribution is 5.85. The molecule has 40 heavy (non-hydrogen) atoms. The van der Waals surface area contributed by atoms with E-state index in [1.807, 2.05) is 48.5 Å². The van der Waals surface area contributed by atoms with Gasteiger partial charge in [0.1, 0.15) is 0 Å². The summed E-state index contributed by atoms with van der Waals surface area (Å²) in [5, 5.41) is 29.0. The van der Waals surface area contributed by atoms with E-state index < -0.39 is 23.8 Å². The summed E-state index contributed by atoms with van der Waals surface area (Å²) in [4.78, 5) is 24.4. The Balaban J connectivity index is 1.83. The normalized spacial score (nSPS) is 12.8. The van der Waals surface area contributed by atoms with Crippen molar-refractivity contribution in [3.8, 4) is 0 Å². The van der Waals surface area contributed by atoms with Gasteiger partial charge >= 0.3 is 11.9 Å². The van der Waals surface area contributed by atoms with Crippen LogP contribution >= 0.6 is 0 Å². The van der Waals surface area contributed by atoms with E-state index in [2.05, 4.69) is 22.8 Å². The molecule has 0 aliphatic rings. The molecule has 3 rings (SSSR count). The maximum absolute atomic E-state index is 12.3. The first-order valence-corrected chi connectivity index (χ1v) is 14.3. The van der Waals surface area contributed by atoms with Crippen LogP contribution in [0.25, 0.3) is 10.8 Å². The van der Waals surface area contributed by atoms with Crippen molar-refractivity contribution in [1.82, 2.24) is 10.6 Å². The fourth-order valence-electron chi connectivity index (χ4n) is 5.11. The van der Waals surface area contributed by atoms with Gasteiger partial charge in [0.2, 0.25) is 0 Å². The average Bonchev–Trinajstić information content (AvgIpc) is 2.95. The minimum Gasteiger partial charge on any atom is -0.481 e. The fraction of sp³-hybridized carbons (Fsp3) is 0.438. The molecule has 2 atom stereocenters. The highest BCUT2D eigenvalue weighted by atomic mass is 16.4. The number of carbonyl (C=O) groups is 2. The quantitative estimate of drug-likeness (QED) is 0.125. The lowest BCUT2D eigenvalue weighted by Crippen LogP contribution is -2.33. The van der Waals surface area contributed by atoms with Gasteiger partial charge in [-0.1, -0.05) is 60.7 Å². The van der Waals surface area contributed by atoms with Crippen molar-refractivity contribution in [1.29, 1.82) is 0 Å². The van der Waals surface area contributed by atoms with E-state index >= 15 is 0 Å². The summed E-state index contributed by atoms with van der Waals surface area (Å²) in [5.74, 6) is -4.25. The van der Waals surface area contributed by atoms with Crippen molar-refractivity contribution >= 4 is 22.7 Å². The van der Waals surface area contributed by atoms with Crippen LogP contribution in [0.1, 0.15) is 35.1 Å². The average molecular weight is 549 g/mol. The summed E-state index contributed by atoms with van der Waals surface area (Å²) in [6.07, 6.45) is 3.98. The zero-order valence-corrected chi connectivity index (χ0v) is 23.3. The van der Waals surface area contributed by atoms with Gasteiger partial charge in [-0.15, -0.1) is 0 Å². The molecule has 0 bridgehead atoms. The predicted octanol–water partition coefficient (Wildman–Crippen LogP) is 2.99. The Morgan fingerprint density at radius 3 is 1.70 bits per heavy atom. The molecule has 0 aliphatic heterocycles. The first-order valence-electron chi connectivity index (χ1n) is 14.3. The number of carboxylic acids is 2. The van der Waals surface area contributed by atoms with Crippen molar-refractivity contribution in [3.05, 3.63) is 82.9 Å². The molecule has 0 aliphatic carbocycles. The second kappa shape index (κ2) is 16.7. The minimum absolute atomic E-state index is 0.151. The SMILES string of the molecule is NCCCNCCc1cc2ccc(C[C@@H](C(=O)O)[C@@H](Cc3ccccc3)C(=O)O)cc2cc1CCNCCCN. The predicted molar refractivity (Wildman–Crippen MR) is 161 cm³/mol. The Bertz CT molecular complexity index is 1220. The van der Waals surface area contributed by atoms with Crippen molar-refractivity contribution < 1.29 is 19.8 Å². The van der Waals surface area contributed by atoms with Gasteiger partial charge in [0.15, 0.2) is 0 Å². The van der Waals surface area contributed by atoms with E-state index in [1.54, 1.807) is 0 Å². The largest absolute Gasteiger partial charge is 0.481 e. The van der Waals surface area contributed by atoms with Crippen molar-refractivity contribution in [2.24, 2.45) is 23.3 Å². The maximum atomic E-state index is 12.3. The second-order valence-corrected chi connectivity index (χ2v) is 10.4. The zero-order valence-electron chi connectivity index (χ0n) is 23.3. The Hall–Kier alpha value is -3.30. The summed E-state index contributed by atoms with van der Waals surface area (Å²) in [6.45, 7) is 4.84. The standard InChI is InChI=1S/C32H44N4O4/c33-12-4-14-35-16-10-26-21-25-9-8-24(18-28(25)22-27(26)11-17-36-15-5-13-34)20-30(32(39)40)29(31(37)38)19-23-6-2-1-3-7-23/h1-3,6-9,18,21-22,29-30,35-36H,4-5,10-17,19-20,33-34H2,(H,37,38)(H,39,40)/t29-,30-/m1/s1. The number of fused-ring (bicyclic) bond motifs is 1. The van der Waals surface area contributed by atoms with Crippen LogP contribution in [-0.2, 0) is 35.3 Å². The van der Waals surface area contributed by atoms with Gasteiger partial charge in [0.25, 0.3) is 0 Å². The van der Waals surface area contributed by atoms with Crippen LogP contribution < -0.4 is 22.1 Å². The Morgan fingerprint density at radius 1 is 0.650 bits per heavy atom. The summed E-state index contributed by atoms with van der Waals surface area (Å²) < 4.78 is 0. The number of nitrogens with two attached hydrogens (primary N) is 2. The number of hydrogen-bond acceptors (Lipinski definition) is 6. The topological polar surface area (TPSA) is 151 Å². The van der Waals surface area contributed by atoms with Crippen LogP contribution in [0.15, 0.2) is 60.7 Å². The van der Waals surface area contributed by atoms with Gasteiger partial charge in [-0.3, -0.25) is 9.59 Å². The van der Waals surface area contributed by atoms with E-state index in [4.69, 9.17) is 11.5 Å². The zero-order chi connectivity index (χ0) is 28.7. The molecule has 0 saturated carbocycles. The summed E-state index contributed by atoms with van der Waals surface area (Å²) in [6, 6.07) is 19.6. The highest BCUT2D eigenvalue weighted by Crippen LogP contribution is 2.27. The van der Waals surface area contributed by atoms with Crippen LogP contribution in [0, 0.1) is 11.8 Å². The van der Waals surface area contributed by atoms with Gasteiger partial charge in [-0.2, -0.15) is 0 Å². The third-order valence-electron chi connectivity index (χ3n) is 7.35. The second-order valence-electron chi connectivity index (χ2n) is 10.4. The molecule has 0 spiro atoms. The van der Waals surface area contributed by atoms with Gasteiger partial charge in [0.05, 0.1) is 11.8 Å². The molecule has 0 heterocycles. The molecule has 0 aromatic heterocycles. The Labute approximate surface area is 237 Å². The summed E-state index contributed by atoms with van der Waals surface area (Å²) in [5.41, 5.74) is 15.4. The number of hydrogen-bond donors (Lipinski definition) is 6. The molecule has 0 amide bonds. The minimum atomic E-state index is -1.09. The molecular formula is C32H44N4O4. The number of benzene rings is 3. The lowest BCUT2D eigenvalue weighted by atomic mass is 9.82. The van der Waals surface area contributed by atoms with E-state index in [-0.39, 0.29) is 12.8 Å². The monoisotopic (exact) mass is 548 g/mol. The number of aliphatic carboxylic acids is 2. The van der Waals surface area contributed by atoms with Crippen LogP contribution in [0.2, 0.25) is 0 Å². The van der Waals surface area contributed by atoms with Crippen LogP contribution in [0.5, 0.6) is 0 Å². The molecule has 0 saturated heterocycles. The first-order chi connectivity index (χ1) is 19.4. The first kappa shape index (κ1) is 31.2. The molecule has 3 aromatic carbocycles. The van der Waals surface area contributed by atoms with E-state index in [1.165, 1.54) is 11.1 Å². The number of rotatable bonds is 19. The molecular weight excluding hydrogens is 504 g/mol. The van der Waals surface area contributed by atoms with Gasteiger partial charge in [0, 0.05) is 0 Å². The lowest BCUT2D eigenvalue weighted by Gasteiger charge is -2.21. The Morgan fingerprint density at radius 2 is 1.18 bits per heavy atom. The van der Waals surface area contributed by atoms with Gasteiger partial charge < -0.3 is 32.3 Å². The molecule has 0 radical (unpaired) electrons. The molecule has 8 heteroatoms. The molecule has 8 nitrogen and oxygen atoms in total. The summed E-state index contributed by atoms with van der Waals surface area (Å²) >= 11 is 0. The van der Waals surface area contributed by atoms with Crippen molar-refractivity contribution in [2.45, 2.75) is 38.5 Å². The van der Waals surface area contributed by atoms with E-state index in [9.17, 15) is 19.8 Å². The van der Waals surface area contributed by atoms with E-state index in [0.29, 0.717) is 13.1 Å². The van der Waals surface area contributed by atoms with E-state index in [0.717, 1.165) is 73.8 Å². The maximum Gasteiger partial charge on any atom is 0.307 e. The third-order valence-corrected chi connectivity index (χ3v) is 7.35. The van der Waals surface area contributed by atoms with Crippen molar-refractivity contribution in [3.63, 3.8) is 0 Å². The summed E-state index contributed by atoms with van der Waals surface area (Å²) in [7, 11) is 0. The van der Waals surface area contributed by atoms with Crippen LogP contribution in [-0.4, -0.2) is 61.4 Å². The van der Waals surface area contributed by atoms with Gasteiger partial charge in [-0.25, -0.2) is 0 Å². The molecule has 3 aromatic rings. The van der Waals surface area contributed by atoms with Crippen molar-refractivity contribution in [2.75, 3.05) is 39.3 Å². The fourth-order valence-corrected chi connectivity index (χ4v) is 5.11. The molecule has 216 valence electrons. The Kier molecular flexibility index (Phi) is 13.1.